The maximum absolute atomic E-state index is 11.1. The lowest BCUT2D eigenvalue weighted by Gasteiger charge is -1.96. The van der Waals surface area contributed by atoms with Crippen LogP contribution in [-0.4, -0.2) is 11.4 Å². The van der Waals surface area contributed by atoms with Crippen LogP contribution in [-0.2, 0) is 9.53 Å². The number of ether oxygens (including phenoxy) is 1. The third-order valence-corrected chi connectivity index (χ3v) is 2.31. The van der Waals surface area contributed by atoms with Crippen molar-refractivity contribution in [1.82, 2.24) is 0 Å². The van der Waals surface area contributed by atoms with Gasteiger partial charge in [-0.1, -0.05) is 0 Å². The average molecular weight is 166 g/mol. The molecule has 2 unspecified atom stereocenters. The average Bonchev–Trinajstić information content (AvgIpc) is 2.49. The minimum absolute atomic E-state index is 0.0453. The van der Waals surface area contributed by atoms with E-state index in [0.29, 0.717) is 0 Å². The predicted octanol–water partition coefficient (Wildman–Crippen LogP) is 1.70. The van der Waals surface area contributed by atoms with Gasteiger partial charge in [0.2, 0.25) is 0 Å². The number of hydrogen-bond donors (Lipinski definition) is 0. The Morgan fingerprint density at radius 2 is 2.42 bits per heavy atom. The van der Waals surface area contributed by atoms with Gasteiger partial charge in [-0.3, -0.25) is 4.79 Å². The van der Waals surface area contributed by atoms with Gasteiger partial charge in [0.1, 0.15) is 5.76 Å². The van der Waals surface area contributed by atoms with Crippen LogP contribution in [0.25, 0.3) is 0 Å². The van der Waals surface area contributed by atoms with Crippen molar-refractivity contribution in [3.05, 3.63) is 24.2 Å². The van der Waals surface area contributed by atoms with Crippen molar-refractivity contribution in [2.45, 2.75) is 25.6 Å². The van der Waals surface area contributed by atoms with E-state index < -0.39 is 5.60 Å². The van der Waals surface area contributed by atoms with Crippen molar-refractivity contribution in [2.75, 3.05) is 0 Å². The first kappa shape index (κ1) is 7.55. The Labute approximate surface area is 70.3 Å². The molecule has 2 atom stereocenters. The third kappa shape index (κ3) is 0.898. The smallest absolute Gasteiger partial charge is 0.164 e. The Morgan fingerprint density at radius 3 is 2.83 bits per heavy atom. The Hall–Kier alpha value is -1.09. The first-order valence-corrected chi connectivity index (χ1v) is 3.87. The summed E-state index contributed by atoms with van der Waals surface area (Å²) in [6.45, 7) is 3.31. The lowest BCUT2D eigenvalue weighted by atomic mass is 10.0. The Kier molecular flexibility index (Phi) is 1.38. The zero-order chi connectivity index (χ0) is 8.77. The van der Waals surface area contributed by atoms with Crippen LogP contribution in [0.4, 0.5) is 0 Å². The molecule has 1 aliphatic heterocycles. The van der Waals surface area contributed by atoms with Crippen LogP contribution in [0.3, 0.4) is 0 Å². The van der Waals surface area contributed by atoms with Gasteiger partial charge in [-0.15, -0.1) is 0 Å². The number of furan rings is 1. The van der Waals surface area contributed by atoms with Crippen molar-refractivity contribution in [1.29, 1.82) is 0 Å². The number of Topliss-reactive ketones (excluding diaryl/α,β-unsaturated/α-hetero) is 1. The second kappa shape index (κ2) is 2.20. The van der Waals surface area contributed by atoms with Crippen LogP contribution in [0.2, 0.25) is 0 Å². The molecular weight excluding hydrogens is 156 g/mol. The normalized spacial score (nSPS) is 33.3. The van der Waals surface area contributed by atoms with Crippen LogP contribution < -0.4 is 0 Å². The van der Waals surface area contributed by atoms with E-state index in [1.165, 1.54) is 6.92 Å². The molecule has 2 heterocycles. The fourth-order valence-electron chi connectivity index (χ4n) is 1.25. The second-order valence-corrected chi connectivity index (χ2v) is 3.18. The molecule has 2 rings (SSSR count). The standard InChI is InChI=1S/C9H10O3/c1-6(10)9(2)8(12-9)7-4-3-5-11-7/h3-5,8H,1-2H3. The zero-order valence-electron chi connectivity index (χ0n) is 7.03. The van der Waals surface area contributed by atoms with E-state index in [1.807, 2.05) is 6.07 Å². The van der Waals surface area contributed by atoms with E-state index in [0.717, 1.165) is 5.76 Å². The molecule has 0 spiro atoms. The monoisotopic (exact) mass is 166 g/mol. The van der Waals surface area contributed by atoms with E-state index in [-0.39, 0.29) is 11.9 Å². The molecule has 0 N–H and O–H groups in total. The van der Waals surface area contributed by atoms with Gasteiger partial charge in [-0.25, -0.2) is 0 Å². The van der Waals surface area contributed by atoms with E-state index >= 15 is 0 Å². The van der Waals surface area contributed by atoms with Crippen LogP contribution in [0.15, 0.2) is 22.8 Å². The first-order chi connectivity index (χ1) is 5.64. The summed E-state index contributed by atoms with van der Waals surface area (Å²) in [6.07, 6.45) is 1.40. The minimum Gasteiger partial charge on any atom is -0.466 e. The van der Waals surface area contributed by atoms with Crippen molar-refractivity contribution in [3.8, 4) is 0 Å². The van der Waals surface area contributed by atoms with E-state index in [4.69, 9.17) is 9.15 Å². The SMILES string of the molecule is CC(=O)C1(C)OC1c1ccco1. The molecule has 0 saturated carbocycles. The summed E-state index contributed by atoms with van der Waals surface area (Å²) in [4.78, 5) is 11.1. The summed E-state index contributed by atoms with van der Waals surface area (Å²) in [6, 6.07) is 3.61. The summed E-state index contributed by atoms with van der Waals surface area (Å²) in [7, 11) is 0. The molecule has 0 radical (unpaired) electrons. The number of carbonyl (C=O) groups excluding carboxylic acids is 1. The van der Waals surface area contributed by atoms with Crippen molar-refractivity contribution < 1.29 is 13.9 Å². The molecule has 3 nitrogen and oxygen atoms in total. The highest BCUT2D eigenvalue weighted by atomic mass is 16.6. The number of rotatable bonds is 2. The molecule has 0 bridgehead atoms. The lowest BCUT2D eigenvalue weighted by molar-refractivity contribution is -0.121. The summed E-state index contributed by atoms with van der Waals surface area (Å²) in [5.41, 5.74) is -0.641. The molecule has 1 aromatic rings. The molecular formula is C9H10O3. The third-order valence-electron chi connectivity index (χ3n) is 2.31. The van der Waals surface area contributed by atoms with Gasteiger partial charge < -0.3 is 9.15 Å². The van der Waals surface area contributed by atoms with Crippen molar-refractivity contribution in [3.63, 3.8) is 0 Å². The fourth-order valence-corrected chi connectivity index (χ4v) is 1.25. The first-order valence-electron chi connectivity index (χ1n) is 3.87. The second-order valence-electron chi connectivity index (χ2n) is 3.18. The van der Waals surface area contributed by atoms with Crippen LogP contribution in [0, 0.1) is 0 Å². The maximum atomic E-state index is 11.1. The van der Waals surface area contributed by atoms with Crippen LogP contribution in [0.5, 0.6) is 0 Å². The van der Waals surface area contributed by atoms with E-state index in [9.17, 15) is 4.79 Å². The molecule has 3 heteroatoms. The minimum atomic E-state index is -0.641. The van der Waals surface area contributed by atoms with E-state index in [2.05, 4.69) is 0 Å². The van der Waals surface area contributed by atoms with Gasteiger partial charge in [-0.05, 0) is 26.0 Å². The topological polar surface area (TPSA) is 42.7 Å². The Balaban J connectivity index is 2.19. The molecule has 1 fully saturated rings. The summed E-state index contributed by atoms with van der Waals surface area (Å²) in [5.74, 6) is 0.775. The number of carbonyl (C=O) groups is 1. The Bertz CT molecular complexity index is 302. The van der Waals surface area contributed by atoms with E-state index in [1.54, 1.807) is 19.3 Å². The van der Waals surface area contributed by atoms with Crippen LogP contribution in [0.1, 0.15) is 25.7 Å². The van der Waals surface area contributed by atoms with Gasteiger partial charge in [0.05, 0.1) is 6.26 Å². The summed E-state index contributed by atoms with van der Waals surface area (Å²) >= 11 is 0. The lowest BCUT2D eigenvalue weighted by Crippen LogP contribution is -2.17. The maximum Gasteiger partial charge on any atom is 0.164 e. The van der Waals surface area contributed by atoms with Crippen molar-refractivity contribution >= 4 is 5.78 Å². The molecule has 0 aliphatic carbocycles. The van der Waals surface area contributed by atoms with Crippen molar-refractivity contribution in [2.24, 2.45) is 0 Å². The molecule has 12 heavy (non-hydrogen) atoms. The quantitative estimate of drug-likeness (QED) is 0.628. The van der Waals surface area contributed by atoms with Crippen LogP contribution >= 0.6 is 0 Å². The number of ketones is 1. The van der Waals surface area contributed by atoms with Gasteiger partial charge in [0.25, 0.3) is 0 Å². The highest BCUT2D eigenvalue weighted by Crippen LogP contribution is 2.49. The van der Waals surface area contributed by atoms with Gasteiger partial charge in [0, 0.05) is 0 Å². The molecule has 1 aromatic heterocycles. The number of epoxide rings is 1. The Morgan fingerprint density at radius 1 is 1.67 bits per heavy atom. The van der Waals surface area contributed by atoms with Gasteiger partial charge >= 0.3 is 0 Å². The highest BCUT2D eigenvalue weighted by Gasteiger charge is 2.58. The molecule has 0 aromatic carbocycles. The molecule has 1 saturated heterocycles. The molecule has 64 valence electrons. The summed E-state index contributed by atoms with van der Waals surface area (Å²) in [5, 5.41) is 0. The summed E-state index contributed by atoms with van der Waals surface area (Å²) < 4.78 is 10.4. The molecule has 1 aliphatic rings. The predicted molar refractivity (Wildman–Crippen MR) is 41.6 cm³/mol. The fraction of sp³-hybridized carbons (Fsp3) is 0.444. The zero-order valence-corrected chi connectivity index (χ0v) is 7.03. The number of hydrogen-bond acceptors (Lipinski definition) is 3. The largest absolute Gasteiger partial charge is 0.466 e. The van der Waals surface area contributed by atoms with Gasteiger partial charge in [0.15, 0.2) is 17.5 Å². The highest BCUT2D eigenvalue weighted by molar-refractivity contribution is 5.88. The molecule has 0 amide bonds. The van der Waals surface area contributed by atoms with Gasteiger partial charge in [-0.2, -0.15) is 0 Å².